The second-order valence-corrected chi connectivity index (χ2v) is 9.67. The van der Waals surface area contributed by atoms with Gasteiger partial charge < -0.3 is 24.1 Å². The Morgan fingerprint density at radius 1 is 1.08 bits per heavy atom. The maximum Gasteiger partial charge on any atom is 0.309 e. The number of ether oxygens (including phenoxy) is 4. The maximum absolute atomic E-state index is 14.2. The van der Waals surface area contributed by atoms with Crippen molar-refractivity contribution >= 4 is 11.8 Å². The molecule has 3 atom stereocenters. The van der Waals surface area contributed by atoms with Crippen molar-refractivity contribution in [2.45, 2.75) is 45.3 Å². The SMILES string of the molecule is COc1ccnc(C(=O)C[C@@H](C)C(=O)O[C@@H](C)[C@H](Oc2ccccc2)c2ccc(F)cc2OCC2CC2)c1O. The lowest BCUT2D eigenvalue weighted by molar-refractivity contribution is -0.157. The Morgan fingerprint density at radius 3 is 2.51 bits per heavy atom. The van der Waals surface area contributed by atoms with Gasteiger partial charge >= 0.3 is 5.97 Å². The summed E-state index contributed by atoms with van der Waals surface area (Å²) in [7, 11) is 1.36. The molecule has 1 aliphatic rings. The highest BCUT2D eigenvalue weighted by molar-refractivity contribution is 5.99. The zero-order valence-electron chi connectivity index (χ0n) is 22.1. The van der Waals surface area contributed by atoms with Gasteiger partial charge in [-0.1, -0.05) is 25.1 Å². The van der Waals surface area contributed by atoms with E-state index in [4.69, 9.17) is 18.9 Å². The number of halogens is 1. The summed E-state index contributed by atoms with van der Waals surface area (Å²) < 4.78 is 37.1. The molecule has 4 rings (SSSR count). The summed E-state index contributed by atoms with van der Waals surface area (Å²) in [4.78, 5) is 29.8. The molecule has 1 aliphatic carbocycles. The van der Waals surface area contributed by atoms with Crippen molar-refractivity contribution in [3.63, 3.8) is 0 Å². The highest BCUT2D eigenvalue weighted by Crippen LogP contribution is 2.36. The third kappa shape index (κ3) is 7.25. The number of aromatic nitrogens is 1. The van der Waals surface area contributed by atoms with Crippen molar-refractivity contribution in [1.29, 1.82) is 0 Å². The molecule has 0 bridgehead atoms. The summed E-state index contributed by atoms with van der Waals surface area (Å²) in [5.41, 5.74) is 0.353. The predicted octanol–water partition coefficient (Wildman–Crippen LogP) is 5.68. The molecule has 1 heterocycles. The molecule has 0 unspecified atom stereocenters. The van der Waals surface area contributed by atoms with Gasteiger partial charge in [0.25, 0.3) is 0 Å². The minimum atomic E-state index is -0.844. The summed E-state index contributed by atoms with van der Waals surface area (Å²) in [5.74, 6) is -1.43. The largest absolute Gasteiger partial charge is 0.503 e. The van der Waals surface area contributed by atoms with E-state index in [-0.39, 0.29) is 23.6 Å². The average Bonchev–Trinajstić information content (AvgIpc) is 3.76. The molecule has 0 spiro atoms. The van der Waals surface area contributed by atoms with Gasteiger partial charge in [0, 0.05) is 30.3 Å². The zero-order valence-corrected chi connectivity index (χ0v) is 22.1. The fourth-order valence-corrected chi connectivity index (χ4v) is 4.04. The second-order valence-electron chi connectivity index (χ2n) is 9.67. The first-order chi connectivity index (χ1) is 18.8. The van der Waals surface area contributed by atoms with Crippen LogP contribution in [0.15, 0.2) is 60.8 Å². The molecular weight excluding hydrogens is 505 g/mol. The van der Waals surface area contributed by atoms with Crippen LogP contribution < -0.4 is 14.2 Å². The number of esters is 1. The molecule has 0 aliphatic heterocycles. The van der Waals surface area contributed by atoms with Gasteiger partial charge in [0.05, 0.1) is 19.6 Å². The van der Waals surface area contributed by atoms with Crippen LogP contribution in [0.5, 0.6) is 23.0 Å². The zero-order chi connectivity index (χ0) is 27.9. The number of carbonyl (C=O) groups excluding carboxylic acids is 2. The minimum Gasteiger partial charge on any atom is -0.503 e. The van der Waals surface area contributed by atoms with Crippen molar-refractivity contribution in [1.82, 2.24) is 4.98 Å². The number of methoxy groups -OCH3 is 1. The fraction of sp³-hybridized carbons (Fsp3) is 0.367. The van der Waals surface area contributed by atoms with E-state index in [1.807, 2.05) is 18.2 Å². The number of Topliss-reactive ketones (excluding diaryl/α,β-unsaturated/α-hetero) is 1. The molecule has 0 amide bonds. The third-order valence-electron chi connectivity index (χ3n) is 6.45. The van der Waals surface area contributed by atoms with Crippen molar-refractivity contribution in [2.75, 3.05) is 13.7 Å². The van der Waals surface area contributed by atoms with Crippen LogP contribution in [0.25, 0.3) is 0 Å². The maximum atomic E-state index is 14.2. The Hall–Kier alpha value is -4.14. The van der Waals surface area contributed by atoms with Gasteiger partial charge in [0.1, 0.15) is 23.4 Å². The fourth-order valence-electron chi connectivity index (χ4n) is 4.04. The van der Waals surface area contributed by atoms with Crippen LogP contribution in [0.1, 0.15) is 55.3 Å². The number of benzene rings is 2. The smallest absolute Gasteiger partial charge is 0.309 e. The van der Waals surface area contributed by atoms with E-state index >= 15 is 0 Å². The number of carbonyl (C=O) groups is 2. The molecule has 1 saturated carbocycles. The number of ketones is 1. The number of hydrogen-bond acceptors (Lipinski definition) is 8. The van der Waals surface area contributed by atoms with E-state index in [0.29, 0.717) is 29.6 Å². The van der Waals surface area contributed by atoms with Crippen molar-refractivity contribution in [3.8, 4) is 23.0 Å². The first kappa shape index (κ1) is 27.9. The lowest BCUT2D eigenvalue weighted by Gasteiger charge is -2.28. The Bertz CT molecular complexity index is 1300. The summed E-state index contributed by atoms with van der Waals surface area (Å²) in [5, 5.41) is 10.2. The first-order valence-corrected chi connectivity index (χ1v) is 12.9. The number of nitrogens with zero attached hydrogens (tertiary/aromatic N) is 1. The summed E-state index contributed by atoms with van der Waals surface area (Å²) in [6.45, 7) is 3.69. The van der Waals surface area contributed by atoms with Crippen LogP contribution in [0.2, 0.25) is 0 Å². The van der Waals surface area contributed by atoms with Crippen molar-refractivity contribution in [3.05, 3.63) is 77.9 Å². The van der Waals surface area contributed by atoms with Crippen LogP contribution in [-0.2, 0) is 9.53 Å². The van der Waals surface area contributed by atoms with Gasteiger partial charge in [-0.05, 0) is 49.9 Å². The number of aromatic hydroxyl groups is 1. The Labute approximate surface area is 226 Å². The predicted molar refractivity (Wildman–Crippen MR) is 141 cm³/mol. The second kappa shape index (κ2) is 12.6. The van der Waals surface area contributed by atoms with Gasteiger partial charge in [0.2, 0.25) is 0 Å². The highest BCUT2D eigenvalue weighted by Gasteiger charge is 2.32. The third-order valence-corrected chi connectivity index (χ3v) is 6.45. The van der Waals surface area contributed by atoms with Crippen LogP contribution >= 0.6 is 0 Å². The van der Waals surface area contributed by atoms with Crippen molar-refractivity contribution in [2.24, 2.45) is 11.8 Å². The van der Waals surface area contributed by atoms with Gasteiger partial charge in [-0.3, -0.25) is 9.59 Å². The van der Waals surface area contributed by atoms with E-state index in [0.717, 1.165) is 12.8 Å². The normalized spacial score (nSPS) is 15.1. The van der Waals surface area contributed by atoms with E-state index in [1.54, 1.807) is 32.0 Å². The summed E-state index contributed by atoms with van der Waals surface area (Å²) in [6, 6.07) is 14.6. The Morgan fingerprint density at radius 2 is 1.82 bits per heavy atom. The van der Waals surface area contributed by atoms with Gasteiger partial charge in [0.15, 0.2) is 29.1 Å². The van der Waals surface area contributed by atoms with Gasteiger partial charge in [-0.2, -0.15) is 0 Å². The molecule has 3 aromatic rings. The monoisotopic (exact) mass is 537 g/mol. The van der Waals surface area contributed by atoms with Crippen molar-refractivity contribution < 1.29 is 38.0 Å². The number of pyridine rings is 1. The van der Waals surface area contributed by atoms with Crippen LogP contribution in [0.3, 0.4) is 0 Å². The van der Waals surface area contributed by atoms with Crippen LogP contribution in [0.4, 0.5) is 4.39 Å². The average molecular weight is 538 g/mol. The molecule has 1 fully saturated rings. The van der Waals surface area contributed by atoms with Crippen LogP contribution in [-0.4, -0.2) is 41.7 Å². The molecule has 206 valence electrons. The number of hydrogen-bond donors (Lipinski definition) is 1. The highest BCUT2D eigenvalue weighted by atomic mass is 19.1. The lowest BCUT2D eigenvalue weighted by Crippen LogP contribution is -2.30. The molecule has 0 radical (unpaired) electrons. The molecule has 1 aromatic heterocycles. The van der Waals surface area contributed by atoms with E-state index in [1.165, 1.54) is 31.5 Å². The number of para-hydroxylation sites is 1. The first-order valence-electron chi connectivity index (χ1n) is 12.9. The molecular formula is C30H32FNO7. The van der Waals surface area contributed by atoms with E-state index in [2.05, 4.69) is 4.98 Å². The topological polar surface area (TPSA) is 104 Å². The number of rotatable bonds is 13. The van der Waals surface area contributed by atoms with E-state index < -0.39 is 35.7 Å². The minimum absolute atomic E-state index is 0.108. The molecule has 39 heavy (non-hydrogen) atoms. The van der Waals surface area contributed by atoms with Gasteiger partial charge in [-0.15, -0.1) is 0 Å². The molecule has 9 heteroatoms. The Kier molecular flexibility index (Phi) is 9.01. The van der Waals surface area contributed by atoms with E-state index in [9.17, 15) is 19.1 Å². The molecule has 0 saturated heterocycles. The molecule has 2 aromatic carbocycles. The summed E-state index contributed by atoms with van der Waals surface area (Å²) >= 11 is 0. The summed E-state index contributed by atoms with van der Waals surface area (Å²) in [6.07, 6.45) is 1.60. The lowest BCUT2D eigenvalue weighted by atomic mass is 10.0. The Balaban J connectivity index is 1.51. The standard InChI is InChI=1S/C30H32FNO7/c1-18(15-24(33)27-28(34)25(36-3)13-14-32-27)30(35)38-19(2)29(39-22-7-5-4-6-8-22)23-12-11-21(31)16-26(23)37-17-20-9-10-20/h4-8,11-14,16,18-20,29,34H,9-10,15,17H2,1-3H3/t18-,19+,29+/m1/s1. The quantitative estimate of drug-likeness (QED) is 0.219. The molecule has 8 nitrogen and oxygen atoms in total. The van der Waals surface area contributed by atoms with Crippen LogP contribution in [0, 0.1) is 17.7 Å². The van der Waals surface area contributed by atoms with Gasteiger partial charge in [-0.25, -0.2) is 9.37 Å². The molecule has 1 N–H and O–H groups in total.